The molecule has 10 N–H and O–H groups in total. The summed E-state index contributed by atoms with van der Waals surface area (Å²) in [5.41, 5.74) is -0.939. The number of aliphatic hydroxyl groups excluding tert-OH is 10. The zero-order chi connectivity index (χ0) is 110. The number of carbonyl (C=O) groups excluding carboxylic acids is 4. The second-order valence-corrected chi connectivity index (χ2v) is 32.4. The molecular formula is C108H102F18N4O16Pt4-4. The number of nitrogens with zero attached hydrogens (tertiary/aromatic N) is 4. The summed E-state index contributed by atoms with van der Waals surface area (Å²) in [6.07, 6.45) is -19.9. The molecule has 0 spiro atoms. The molecule has 20 nitrogen and oxygen atoms in total. The molecule has 0 unspecified atom stereocenters. The van der Waals surface area contributed by atoms with Crippen molar-refractivity contribution in [2.45, 2.75) is 174 Å². The maximum atomic E-state index is 13.9. The topological polar surface area (TPSA) is 341 Å². The van der Waals surface area contributed by atoms with Gasteiger partial charge in [0.1, 0.15) is 0 Å². The van der Waals surface area contributed by atoms with E-state index in [-0.39, 0.29) is 230 Å². The molecule has 42 heteroatoms. The second kappa shape index (κ2) is 60.9. The Bertz CT molecular complexity index is 6520. The molecule has 4 aromatic heterocycles. The van der Waals surface area contributed by atoms with Gasteiger partial charge in [-0.3, -0.25) is 19.2 Å². The van der Waals surface area contributed by atoms with Gasteiger partial charge < -0.3 is 80.5 Å². The Morgan fingerprint density at radius 2 is 0.573 bits per heavy atom. The van der Waals surface area contributed by atoms with Crippen molar-refractivity contribution in [3.8, 4) is 101 Å². The summed E-state index contributed by atoms with van der Waals surface area (Å²) in [7, 11) is 2.64. The summed E-state index contributed by atoms with van der Waals surface area (Å²) in [4.78, 5) is 56.7. The molecule has 150 heavy (non-hydrogen) atoms. The molecule has 0 atom stereocenters. The standard InChI is InChI=1S/3C22H16F6NO2.C22H22NO2.4C5H8O2.4Pt/c1-12-7-17(21(23,24)25)20(18(8-12)22(26,27)28)13-5-6-29-19(10-13)16-4-3-15(31-2)9-14(16)11-30;1-12-7-17(21(23,24)25)20(18(8-12)22(26,27)28)16-10-14(31-2)3-4-15(16)19-9-13(11-30)5-6-29-19;1-12-6-16(21(23,24)25)9-18(22(26,27)28)20(12)14-2-3-17(15(8-14)11-31)19-7-13(10-30)4-5-29-19;1-14-8-15(2)22(16(3)9-14)18-4-5-20(19(11-18)13-25)21-10-17(12-24)6-7-23-21;4*1-4(6)3-5(2)7;;;;/h2*3,5-10,30H,11H2,1-2H3;2,4-9,30-31H,10-11H2,1H3;4,6-11,24-25H,12-13H2,1-3H3;4*3,6H,1-2H3;;;;/q4*-1;;;;;;;;. The molecule has 0 bridgehead atoms. The molecule has 8 aromatic carbocycles. The molecule has 4 heterocycles. The van der Waals surface area contributed by atoms with Crippen LogP contribution in [0.4, 0.5) is 79.0 Å². The van der Waals surface area contributed by atoms with Gasteiger partial charge in [-0.05, 0) is 225 Å². The number of ether oxygens (including phenoxy) is 2. The average molecular weight is 2830 g/mol. The maximum Gasteiger partial charge on any atom is 0.417 e. The fourth-order valence-corrected chi connectivity index (χ4v) is 14.4. The number of aromatic nitrogens is 4. The van der Waals surface area contributed by atoms with Crippen LogP contribution in [0.15, 0.2) is 218 Å². The van der Waals surface area contributed by atoms with Crippen molar-refractivity contribution in [3.05, 3.63) is 342 Å². The van der Waals surface area contributed by atoms with Crippen molar-refractivity contribution in [2.24, 2.45) is 0 Å². The fourth-order valence-electron chi connectivity index (χ4n) is 14.4. The number of aliphatic hydroxyl groups is 10. The quantitative estimate of drug-likeness (QED) is 0.0147. The van der Waals surface area contributed by atoms with Crippen molar-refractivity contribution in [1.29, 1.82) is 0 Å². The Morgan fingerprint density at radius 1 is 0.300 bits per heavy atom. The van der Waals surface area contributed by atoms with Crippen LogP contribution in [0, 0.1) is 65.8 Å². The zero-order valence-electron chi connectivity index (χ0n) is 82.5. The van der Waals surface area contributed by atoms with Crippen molar-refractivity contribution < 1.29 is 243 Å². The first kappa shape index (κ1) is 136. The SMILES string of the molecule is CC(=O)C=C(C)O.CC(=O)C=C(C)O.CC(=O)C=C(C)O.CC(=O)C=C(C)O.COc1c[c-]c(-c2cc(-c3c(C(F)(F)F)cc(C)cc3C(F)(F)F)ccn2)c(CO)c1.COc1c[c-]c(-c2cc(CO)ccn2)c(-c2c(C(F)(F)F)cc(C)cc2C(F)(F)F)c1.Cc1cc(C(F)(F)F)cc(C(F)(F)F)c1-c1c[c-]c(-c2cc(CO)ccn2)c(CO)c1.Cc1cc(C)c(-c2c[c-]c(-c3cc(CO)ccn3)c(CO)c2)c(C)c1.[Pt].[Pt].[Pt].[Pt]. The van der Waals surface area contributed by atoms with E-state index in [1.807, 2.05) is 18.2 Å². The van der Waals surface area contributed by atoms with Crippen LogP contribution >= 0.6 is 0 Å². The summed E-state index contributed by atoms with van der Waals surface area (Å²) in [5, 5.41) is 90.6. The van der Waals surface area contributed by atoms with E-state index in [1.165, 1.54) is 198 Å². The predicted octanol–water partition coefficient (Wildman–Crippen LogP) is 25.9. The van der Waals surface area contributed by atoms with E-state index in [0.717, 1.165) is 46.6 Å². The Hall–Kier alpha value is -11.9. The largest absolute Gasteiger partial charge is 0.540 e. The minimum absolute atomic E-state index is 0. The van der Waals surface area contributed by atoms with Gasteiger partial charge in [-0.1, -0.05) is 98.6 Å². The van der Waals surface area contributed by atoms with Crippen molar-refractivity contribution in [2.75, 3.05) is 14.2 Å². The molecule has 0 amide bonds. The molecule has 12 aromatic rings. The van der Waals surface area contributed by atoms with Crippen LogP contribution < -0.4 is 9.47 Å². The van der Waals surface area contributed by atoms with Crippen LogP contribution in [0.2, 0.25) is 0 Å². The number of allylic oxidation sites excluding steroid dienone is 8. The van der Waals surface area contributed by atoms with E-state index < -0.39 is 100 Å². The van der Waals surface area contributed by atoms with E-state index >= 15 is 0 Å². The van der Waals surface area contributed by atoms with Crippen LogP contribution in [0.5, 0.6) is 11.5 Å². The predicted molar refractivity (Wildman–Crippen MR) is 511 cm³/mol. The van der Waals surface area contributed by atoms with Crippen LogP contribution in [0.1, 0.15) is 156 Å². The van der Waals surface area contributed by atoms with E-state index in [1.54, 1.807) is 18.3 Å². The fraction of sp³-hybridized carbons (Fsp3) is 0.259. The first-order valence-electron chi connectivity index (χ1n) is 43.1. The third kappa shape index (κ3) is 41.7. The van der Waals surface area contributed by atoms with Gasteiger partial charge in [0.2, 0.25) is 0 Å². The number of pyridine rings is 4. The van der Waals surface area contributed by atoms with Gasteiger partial charge in [-0.2, -0.15) is 79.0 Å². The number of halogens is 18. The molecule has 0 fully saturated rings. The second-order valence-electron chi connectivity index (χ2n) is 32.4. The van der Waals surface area contributed by atoms with Gasteiger partial charge >= 0.3 is 37.1 Å². The van der Waals surface area contributed by atoms with Crippen molar-refractivity contribution in [1.82, 2.24) is 19.9 Å². The van der Waals surface area contributed by atoms with Gasteiger partial charge in [0.15, 0.2) is 23.1 Å². The molecule has 0 saturated carbocycles. The number of aryl methyl sites for hydroxylation is 6. The normalized spacial score (nSPS) is 11.5. The van der Waals surface area contributed by atoms with Crippen LogP contribution in [0.3, 0.4) is 0 Å². The summed E-state index contributed by atoms with van der Waals surface area (Å²) in [5.74, 6) is 0.153. The summed E-state index contributed by atoms with van der Waals surface area (Å²) < 4.78 is 255. The third-order valence-corrected chi connectivity index (χ3v) is 20.0. The Labute approximate surface area is 910 Å². The van der Waals surface area contributed by atoms with Crippen molar-refractivity contribution >= 4 is 23.1 Å². The number of carbonyl (C=O) groups is 4. The van der Waals surface area contributed by atoms with Crippen LogP contribution in [-0.2, 0) is 180 Å². The van der Waals surface area contributed by atoms with Gasteiger partial charge in [-0.25, -0.2) is 0 Å². The van der Waals surface area contributed by atoms with Gasteiger partial charge in [0, 0.05) is 170 Å². The number of benzene rings is 8. The van der Waals surface area contributed by atoms with E-state index in [9.17, 15) is 129 Å². The maximum absolute atomic E-state index is 13.9. The number of methoxy groups -OCH3 is 2. The number of hydrogen-bond donors (Lipinski definition) is 10. The first-order valence-corrected chi connectivity index (χ1v) is 43.1. The molecular weight excluding hydrogens is 2730 g/mol. The minimum atomic E-state index is -5.05. The minimum Gasteiger partial charge on any atom is -0.540 e. The number of rotatable bonds is 20. The van der Waals surface area contributed by atoms with Crippen molar-refractivity contribution in [3.63, 3.8) is 0 Å². The first-order chi connectivity index (χ1) is 67.9. The van der Waals surface area contributed by atoms with Gasteiger partial charge in [-0.15, -0.1) is 94.0 Å². The monoisotopic (exact) mass is 2830 g/mol. The number of alkyl halides is 18. The third-order valence-electron chi connectivity index (χ3n) is 20.0. The molecule has 12 rings (SSSR count). The number of ketones is 4. The average Bonchev–Trinajstić information content (AvgIpc) is 0.763. The number of hydrogen-bond acceptors (Lipinski definition) is 20. The van der Waals surface area contributed by atoms with Gasteiger partial charge in [0.05, 0.1) is 90.5 Å². The molecule has 0 aliphatic heterocycles. The van der Waals surface area contributed by atoms with E-state index in [4.69, 9.17) is 29.9 Å². The van der Waals surface area contributed by atoms with Crippen LogP contribution in [0.25, 0.3) is 89.5 Å². The smallest absolute Gasteiger partial charge is 0.417 e. The Morgan fingerprint density at radius 3 is 0.873 bits per heavy atom. The molecule has 820 valence electrons. The molecule has 0 saturated heterocycles. The zero-order valence-corrected chi connectivity index (χ0v) is 91.6. The summed E-state index contributed by atoms with van der Waals surface area (Å²) >= 11 is 0. The molecule has 0 aliphatic carbocycles. The Balaban J connectivity index is 0.000000912. The summed E-state index contributed by atoms with van der Waals surface area (Å²) in [6, 6.07) is 42.8. The molecule has 0 radical (unpaired) electrons. The Kier molecular flexibility index (Phi) is 55.3. The molecule has 0 aliphatic rings. The van der Waals surface area contributed by atoms with Crippen LogP contribution in [-0.4, -0.2) is 108 Å². The van der Waals surface area contributed by atoms with E-state index in [2.05, 4.69) is 77.1 Å². The van der Waals surface area contributed by atoms with E-state index in [0.29, 0.717) is 69.7 Å². The van der Waals surface area contributed by atoms with Gasteiger partial charge in [0.25, 0.3) is 0 Å². The summed E-state index contributed by atoms with van der Waals surface area (Å²) in [6.45, 7) is 19.4.